The summed E-state index contributed by atoms with van der Waals surface area (Å²) in [5, 5.41) is 3.35. The summed E-state index contributed by atoms with van der Waals surface area (Å²) < 4.78 is 0. The van der Waals surface area contributed by atoms with E-state index in [9.17, 15) is 4.79 Å². The molecule has 3 unspecified atom stereocenters. The van der Waals surface area contributed by atoms with E-state index in [0.29, 0.717) is 12.1 Å². The van der Waals surface area contributed by atoms with Crippen molar-refractivity contribution < 1.29 is 4.79 Å². The van der Waals surface area contributed by atoms with Gasteiger partial charge in [0.15, 0.2) is 0 Å². The van der Waals surface area contributed by atoms with Gasteiger partial charge >= 0.3 is 0 Å². The maximum absolute atomic E-state index is 11.8. The quantitative estimate of drug-likeness (QED) is 0.707. The highest BCUT2D eigenvalue weighted by Crippen LogP contribution is 2.17. The first-order chi connectivity index (χ1) is 7.04. The van der Waals surface area contributed by atoms with E-state index in [0.717, 1.165) is 25.8 Å². The largest absolute Gasteiger partial charge is 0.345 e. The topological polar surface area (TPSA) is 58.4 Å². The van der Waals surface area contributed by atoms with Crippen molar-refractivity contribution in [1.29, 1.82) is 0 Å². The number of nitrogens with two attached hydrogens (primary N) is 1. The van der Waals surface area contributed by atoms with E-state index in [4.69, 9.17) is 5.73 Å². The van der Waals surface area contributed by atoms with Crippen LogP contribution in [0.25, 0.3) is 0 Å². The predicted octanol–water partition coefficient (Wildman–Crippen LogP) is 0.323. The zero-order valence-corrected chi connectivity index (χ0v) is 9.99. The molecular weight excluding hydrogens is 190 g/mol. The van der Waals surface area contributed by atoms with E-state index >= 15 is 0 Å². The van der Waals surface area contributed by atoms with Gasteiger partial charge in [0.05, 0.1) is 6.04 Å². The molecule has 0 aromatic carbocycles. The van der Waals surface area contributed by atoms with Crippen LogP contribution >= 0.6 is 0 Å². The summed E-state index contributed by atoms with van der Waals surface area (Å²) in [5.41, 5.74) is 5.83. The average molecular weight is 213 g/mol. The molecule has 15 heavy (non-hydrogen) atoms. The molecule has 0 radical (unpaired) electrons. The molecule has 0 bridgehead atoms. The van der Waals surface area contributed by atoms with Crippen LogP contribution in [0.2, 0.25) is 0 Å². The summed E-state index contributed by atoms with van der Waals surface area (Å²) in [5.74, 6) is 0.165. The lowest BCUT2D eigenvalue weighted by molar-refractivity contribution is -0.131. The molecule has 1 aliphatic rings. The van der Waals surface area contributed by atoms with Gasteiger partial charge in [-0.05, 0) is 33.1 Å². The van der Waals surface area contributed by atoms with E-state index in [2.05, 4.69) is 5.32 Å². The van der Waals surface area contributed by atoms with E-state index in [1.165, 1.54) is 0 Å². The van der Waals surface area contributed by atoms with Gasteiger partial charge in [0.25, 0.3) is 0 Å². The maximum atomic E-state index is 11.8. The molecule has 1 fully saturated rings. The van der Waals surface area contributed by atoms with E-state index in [1.807, 2.05) is 20.9 Å². The molecule has 3 atom stereocenters. The zero-order valence-electron chi connectivity index (χ0n) is 9.99. The Bertz CT molecular complexity index is 220. The number of amides is 1. The summed E-state index contributed by atoms with van der Waals surface area (Å²) in [6.45, 7) is 4.67. The van der Waals surface area contributed by atoms with Crippen molar-refractivity contribution in [1.82, 2.24) is 10.2 Å². The Kier molecular flexibility index (Phi) is 4.54. The number of hydrogen-bond acceptors (Lipinski definition) is 3. The van der Waals surface area contributed by atoms with Crippen LogP contribution in [0.15, 0.2) is 0 Å². The van der Waals surface area contributed by atoms with Crippen molar-refractivity contribution in [3.63, 3.8) is 0 Å². The van der Waals surface area contributed by atoms with Crippen molar-refractivity contribution in [2.24, 2.45) is 5.73 Å². The van der Waals surface area contributed by atoms with Gasteiger partial charge in [-0.15, -0.1) is 0 Å². The number of carbonyl (C=O) groups excluding carboxylic acids is 1. The minimum atomic E-state index is -0.0924. The van der Waals surface area contributed by atoms with Crippen LogP contribution in [-0.4, -0.2) is 42.5 Å². The molecule has 3 N–H and O–H groups in total. The van der Waals surface area contributed by atoms with Crippen molar-refractivity contribution in [3.05, 3.63) is 0 Å². The molecule has 4 nitrogen and oxygen atoms in total. The number of nitrogens with one attached hydrogen (secondary N) is 1. The molecule has 0 aliphatic heterocycles. The van der Waals surface area contributed by atoms with Crippen LogP contribution < -0.4 is 11.1 Å². The second-order valence-corrected chi connectivity index (χ2v) is 4.51. The van der Waals surface area contributed by atoms with Crippen LogP contribution in [-0.2, 0) is 4.79 Å². The van der Waals surface area contributed by atoms with Gasteiger partial charge in [0, 0.05) is 25.7 Å². The first-order valence-corrected chi connectivity index (χ1v) is 5.81. The fraction of sp³-hybridized carbons (Fsp3) is 0.909. The molecule has 1 saturated carbocycles. The highest BCUT2D eigenvalue weighted by Gasteiger charge is 2.25. The van der Waals surface area contributed by atoms with Gasteiger partial charge in [-0.2, -0.15) is 0 Å². The average Bonchev–Trinajstić information content (AvgIpc) is 2.61. The zero-order chi connectivity index (χ0) is 11.4. The summed E-state index contributed by atoms with van der Waals surface area (Å²) >= 11 is 0. The Morgan fingerprint density at radius 2 is 2.27 bits per heavy atom. The Labute approximate surface area is 92.2 Å². The minimum absolute atomic E-state index is 0.0924. The van der Waals surface area contributed by atoms with Crippen molar-refractivity contribution in [2.45, 2.75) is 51.2 Å². The molecule has 1 aliphatic carbocycles. The Morgan fingerprint density at radius 1 is 1.60 bits per heavy atom. The number of nitrogens with zero attached hydrogens (tertiary/aromatic N) is 1. The summed E-state index contributed by atoms with van der Waals surface area (Å²) in [6.07, 6.45) is 3.16. The SMILES string of the molecule is CCN(C)C(=O)C(C)NC1CCC(N)C1. The molecular formula is C11H23N3O. The molecule has 1 amide bonds. The smallest absolute Gasteiger partial charge is 0.239 e. The lowest BCUT2D eigenvalue weighted by Gasteiger charge is -2.23. The number of rotatable bonds is 4. The maximum Gasteiger partial charge on any atom is 0.239 e. The van der Waals surface area contributed by atoms with Crippen LogP contribution in [0.5, 0.6) is 0 Å². The van der Waals surface area contributed by atoms with E-state index in [1.54, 1.807) is 4.90 Å². The van der Waals surface area contributed by atoms with Crippen molar-refractivity contribution >= 4 is 5.91 Å². The van der Waals surface area contributed by atoms with Crippen molar-refractivity contribution in [2.75, 3.05) is 13.6 Å². The Hall–Kier alpha value is -0.610. The lowest BCUT2D eigenvalue weighted by Crippen LogP contribution is -2.46. The lowest BCUT2D eigenvalue weighted by atomic mass is 10.2. The van der Waals surface area contributed by atoms with Crippen LogP contribution in [0, 0.1) is 0 Å². The fourth-order valence-electron chi connectivity index (χ4n) is 2.08. The number of hydrogen-bond donors (Lipinski definition) is 2. The summed E-state index contributed by atoms with van der Waals surface area (Å²) in [6, 6.07) is 0.642. The second-order valence-electron chi connectivity index (χ2n) is 4.51. The standard InChI is InChI=1S/C11H23N3O/c1-4-14(3)11(15)8(2)13-10-6-5-9(12)7-10/h8-10,13H,4-7,12H2,1-3H3. The number of likely N-dealkylation sites (N-methyl/N-ethyl adjacent to an activating group) is 1. The highest BCUT2D eigenvalue weighted by atomic mass is 16.2. The molecule has 88 valence electrons. The van der Waals surface area contributed by atoms with Crippen LogP contribution in [0.3, 0.4) is 0 Å². The van der Waals surface area contributed by atoms with Crippen molar-refractivity contribution in [3.8, 4) is 0 Å². The molecule has 4 heteroatoms. The van der Waals surface area contributed by atoms with E-state index in [-0.39, 0.29) is 11.9 Å². The monoisotopic (exact) mass is 213 g/mol. The van der Waals surface area contributed by atoms with Gasteiger partial charge in [-0.1, -0.05) is 0 Å². The van der Waals surface area contributed by atoms with Gasteiger partial charge in [-0.3, -0.25) is 4.79 Å². The molecule has 1 rings (SSSR count). The van der Waals surface area contributed by atoms with Gasteiger partial charge in [-0.25, -0.2) is 0 Å². The molecule has 0 heterocycles. The molecule has 0 aromatic rings. The highest BCUT2D eigenvalue weighted by molar-refractivity contribution is 5.81. The normalized spacial score (nSPS) is 27.7. The molecule has 0 saturated heterocycles. The Balaban J connectivity index is 2.35. The third kappa shape index (κ3) is 3.47. The van der Waals surface area contributed by atoms with E-state index < -0.39 is 0 Å². The van der Waals surface area contributed by atoms with Crippen LogP contribution in [0.1, 0.15) is 33.1 Å². The first-order valence-electron chi connectivity index (χ1n) is 5.81. The first kappa shape index (κ1) is 12.5. The third-order valence-corrected chi connectivity index (χ3v) is 3.18. The second kappa shape index (κ2) is 5.47. The van der Waals surface area contributed by atoms with Gasteiger partial charge in [0.1, 0.15) is 0 Å². The summed E-state index contributed by atoms with van der Waals surface area (Å²) in [4.78, 5) is 13.5. The third-order valence-electron chi connectivity index (χ3n) is 3.18. The summed E-state index contributed by atoms with van der Waals surface area (Å²) in [7, 11) is 1.83. The molecule has 0 aromatic heterocycles. The Morgan fingerprint density at radius 3 is 2.73 bits per heavy atom. The predicted molar refractivity (Wildman–Crippen MR) is 61.5 cm³/mol. The fourth-order valence-corrected chi connectivity index (χ4v) is 2.08. The van der Waals surface area contributed by atoms with Gasteiger partial charge < -0.3 is 16.0 Å². The molecule has 0 spiro atoms. The minimum Gasteiger partial charge on any atom is -0.345 e. The van der Waals surface area contributed by atoms with Gasteiger partial charge in [0.2, 0.25) is 5.91 Å². The van der Waals surface area contributed by atoms with Crippen LogP contribution in [0.4, 0.5) is 0 Å². The number of carbonyl (C=O) groups is 1.